The highest BCUT2D eigenvalue weighted by atomic mass is 35.5. The number of hydrogen-bond donors (Lipinski definition) is 1. The van der Waals surface area contributed by atoms with Crippen molar-refractivity contribution in [3.8, 4) is 0 Å². The smallest absolute Gasteiger partial charge is 0.0595 e. The first-order valence-corrected chi connectivity index (χ1v) is 7.34. The molecule has 0 bridgehead atoms. The molecule has 2 unspecified atom stereocenters. The van der Waals surface area contributed by atoms with Crippen LogP contribution in [0.2, 0.25) is 10.0 Å². The monoisotopic (exact) mass is 285 g/mol. The highest BCUT2D eigenvalue weighted by Gasteiger charge is 2.31. The maximum absolute atomic E-state index is 6.06. The van der Waals surface area contributed by atoms with Gasteiger partial charge < -0.3 is 5.32 Å². The Kier molecular flexibility index (Phi) is 4.25. The van der Waals surface area contributed by atoms with Gasteiger partial charge in [0.05, 0.1) is 10.0 Å². The Morgan fingerprint density at radius 1 is 1.28 bits per heavy atom. The summed E-state index contributed by atoms with van der Waals surface area (Å²) in [6.45, 7) is 6.88. The molecule has 1 fully saturated rings. The van der Waals surface area contributed by atoms with Crippen molar-refractivity contribution in [2.75, 3.05) is 0 Å². The maximum Gasteiger partial charge on any atom is 0.0595 e. The van der Waals surface area contributed by atoms with Crippen LogP contribution in [0.25, 0.3) is 0 Å². The fraction of sp³-hybridized carbons (Fsp3) is 0.600. The van der Waals surface area contributed by atoms with Gasteiger partial charge in [0.2, 0.25) is 0 Å². The zero-order valence-corrected chi connectivity index (χ0v) is 12.8. The van der Waals surface area contributed by atoms with Crippen LogP contribution in [0.5, 0.6) is 0 Å². The van der Waals surface area contributed by atoms with Crippen LogP contribution in [-0.2, 0) is 0 Å². The molecule has 1 aliphatic rings. The third-order valence-corrected chi connectivity index (χ3v) is 4.64. The van der Waals surface area contributed by atoms with Crippen LogP contribution in [0, 0.1) is 5.41 Å². The average molecular weight is 286 g/mol. The number of hydrogen-bond acceptors (Lipinski definition) is 1. The van der Waals surface area contributed by atoms with E-state index in [1.165, 1.54) is 24.8 Å². The third-order valence-electron chi connectivity index (χ3n) is 3.90. The summed E-state index contributed by atoms with van der Waals surface area (Å²) < 4.78 is 0. The minimum atomic E-state index is 0.318. The summed E-state index contributed by atoms with van der Waals surface area (Å²) in [5, 5.41) is 4.95. The van der Waals surface area contributed by atoms with E-state index in [2.05, 4.69) is 26.1 Å². The average Bonchev–Trinajstić information content (AvgIpc) is 2.62. The summed E-state index contributed by atoms with van der Waals surface area (Å²) in [5.41, 5.74) is 1.68. The van der Waals surface area contributed by atoms with Crippen LogP contribution in [0.4, 0.5) is 0 Å². The number of nitrogens with one attached hydrogen (secondary N) is 1. The molecule has 0 aliphatic heterocycles. The van der Waals surface area contributed by atoms with Gasteiger partial charge in [-0.3, -0.25) is 0 Å². The van der Waals surface area contributed by atoms with Gasteiger partial charge in [-0.15, -0.1) is 0 Å². The van der Waals surface area contributed by atoms with E-state index >= 15 is 0 Å². The van der Waals surface area contributed by atoms with Crippen molar-refractivity contribution in [2.24, 2.45) is 5.41 Å². The second kappa shape index (κ2) is 5.40. The van der Waals surface area contributed by atoms with Crippen molar-refractivity contribution in [3.63, 3.8) is 0 Å². The van der Waals surface area contributed by atoms with Crippen LogP contribution in [0.3, 0.4) is 0 Å². The second-order valence-corrected chi connectivity index (χ2v) is 6.98. The van der Waals surface area contributed by atoms with E-state index in [1.54, 1.807) is 0 Å². The van der Waals surface area contributed by atoms with Gasteiger partial charge in [0.1, 0.15) is 0 Å². The second-order valence-electron chi connectivity index (χ2n) is 6.17. The van der Waals surface area contributed by atoms with Crippen LogP contribution >= 0.6 is 23.2 Å². The number of halogens is 2. The lowest BCUT2D eigenvalue weighted by molar-refractivity contribution is 0.356. The molecule has 0 radical (unpaired) electrons. The van der Waals surface area contributed by atoms with Crippen LogP contribution < -0.4 is 5.32 Å². The zero-order valence-electron chi connectivity index (χ0n) is 11.3. The van der Waals surface area contributed by atoms with E-state index in [1.807, 2.05) is 18.2 Å². The largest absolute Gasteiger partial charge is 0.307 e. The Morgan fingerprint density at radius 3 is 2.56 bits per heavy atom. The predicted molar refractivity (Wildman–Crippen MR) is 79.4 cm³/mol. The first-order valence-electron chi connectivity index (χ1n) is 6.58. The van der Waals surface area contributed by atoms with Gasteiger partial charge in [0.15, 0.2) is 0 Å². The van der Waals surface area contributed by atoms with E-state index in [-0.39, 0.29) is 0 Å². The molecule has 0 saturated heterocycles. The fourth-order valence-electron chi connectivity index (χ4n) is 2.81. The quantitative estimate of drug-likeness (QED) is 0.803. The summed E-state index contributed by atoms with van der Waals surface area (Å²) in [6, 6.07) is 6.81. The van der Waals surface area contributed by atoms with Crippen molar-refractivity contribution < 1.29 is 0 Å². The van der Waals surface area contributed by atoms with Gasteiger partial charge in [-0.1, -0.05) is 43.1 Å². The van der Waals surface area contributed by atoms with E-state index in [0.29, 0.717) is 27.5 Å². The Hall–Kier alpha value is -0.240. The maximum atomic E-state index is 6.06. The standard InChI is InChI=1S/C15H21Cl2N/c1-10(11-4-5-13(16)14(17)8-11)18-12-6-7-15(2,3)9-12/h4-5,8,10,12,18H,6-7,9H2,1-3H3. The molecule has 1 saturated carbocycles. The predicted octanol–water partition coefficient (Wildman–Crippen LogP) is 5.22. The highest BCUT2D eigenvalue weighted by Crippen LogP contribution is 2.38. The summed E-state index contributed by atoms with van der Waals surface area (Å²) in [6.07, 6.45) is 3.82. The SMILES string of the molecule is CC(NC1CCC(C)(C)C1)c1ccc(Cl)c(Cl)c1. The van der Waals surface area contributed by atoms with Gasteiger partial charge in [0.25, 0.3) is 0 Å². The van der Waals surface area contributed by atoms with Crippen LogP contribution in [-0.4, -0.2) is 6.04 Å². The molecule has 18 heavy (non-hydrogen) atoms. The van der Waals surface area contributed by atoms with E-state index in [4.69, 9.17) is 23.2 Å². The Morgan fingerprint density at radius 2 is 2.00 bits per heavy atom. The van der Waals surface area contributed by atoms with Gasteiger partial charge in [-0.2, -0.15) is 0 Å². The first kappa shape index (κ1) is 14.2. The summed E-state index contributed by atoms with van der Waals surface area (Å²) in [5.74, 6) is 0. The molecule has 3 heteroatoms. The Labute approximate surface area is 120 Å². The molecule has 2 rings (SSSR count). The minimum Gasteiger partial charge on any atom is -0.307 e. The van der Waals surface area contributed by atoms with Crippen molar-refractivity contribution in [2.45, 2.75) is 52.1 Å². The van der Waals surface area contributed by atoms with Crippen molar-refractivity contribution in [1.82, 2.24) is 5.32 Å². The molecule has 1 nitrogen and oxygen atoms in total. The molecule has 1 N–H and O–H groups in total. The lowest BCUT2D eigenvalue weighted by atomic mass is 9.91. The topological polar surface area (TPSA) is 12.0 Å². The zero-order chi connectivity index (χ0) is 13.3. The molecular formula is C15H21Cl2N. The number of rotatable bonds is 3. The Bertz CT molecular complexity index is 429. The lowest BCUT2D eigenvalue weighted by Crippen LogP contribution is -2.30. The van der Waals surface area contributed by atoms with Gasteiger partial charge in [-0.25, -0.2) is 0 Å². The first-order chi connectivity index (χ1) is 8.37. The third kappa shape index (κ3) is 3.40. The van der Waals surface area contributed by atoms with Crippen LogP contribution in [0.1, 0.15) is 51.6 Å². The van der Waals surface area contributed by atoms with E-state index in [9.17, 15) is 0 Å². The van der Waals surface area contributed by atoms with Crippen LogP contribution in [0.15, 0.2) is 18.2 Å². The van der Waals surface area contributed by atoms with E-state index in [0.717, 1.165) is 0 Å². The molecule has 1 aromatic rings. The molecule has 2 atom stereocenters. The molecule has 1 aromatic carbocycles. The summed E-state index contributed by atoms with van der Waals surface area (Å²) in [7, 11) is 0. The van der Waals surface area contributed by atoms with Crippen molar-refractivity contribution in [1.29, 1.82) is 0 Å². The highest BCUT2D eigenvalue weighted by molar-refractivity contribution is 6.42. The van der Waals surface area contributed by atoms with Crippen molar-refractivity contribution in [3.05, 3.63) is 33.8 Å². The van der Waals surface area contributed by atoms with E-state index < -0.39 is 0 Å². The Balaban J connectivity index is 1.99. The summed E-state index contributed by atoms with van der Waals surface area (Å²) >= 11 is 12.0. The van der Waals surface area contributed by atoms with Gasteiger partial charge in [-0.05, 0) is 49.3 Å². The molecule has 0 heterocycles. The molecular weight excluding hydrogens is 265 g/mol. The van der Waals surface area contributed by atoms with Gasteiger partial charge in [0, 0.05) is 12.1 Å². The molecule has 100 valence electrons. The number of benzene rings is 1. The lowest BCUT2D eigenvalue weighted by Gasteiger charge is -2.22. The normalized spacial score (nSPS) is 24.2. The summed E-state index contributed by atoms with van der Waals surface area (Å²) in [4.78, 5) is 0. The van der Waals surface area contributed by atoms with Gasteiger partial charge >= 0.3 is 0 Å². The molecule has 0 aromatic heterocycles. The molecule has 0 spiro atoms. The van der Waals surface area contributed by atoms with Crippen molar-refractivity contribution >= 4 is 23.2 Å². The fourth-order valence-corrected chi connectivity index (χ4v) is 3.12. The molecule has 1 aliphatic carbocycles. The minimum absolute atomic E-state index is 0.318. The molecule has 0 amide bonds.